The number of ketones is 1. The van der Waals surface area contributed by atoms with E-state index in [0.29, 0.717) is 11.3 Å². The first-order chi connectivity index (χ1) is 8.70. The molecule has 0 atom stereocenters. The summed E-state index contributed by atoms with van der Waals surface area (Å²) in [6.45, 7) is 2.06. The van der Waals surface area contributed by atoms with Crippen LogP contribution in [0.2, 0.25) is 0 Å². The number of pyridine rings is 1. The summed E-state index contributed by atoms with van der Waals surface area (Å²) in [6.07, 6.45) is 5.51. The number of aromatic nitrogens is 3. The van der Waals surface area contributed by atoms with Crippen LogP contribution in [0.3, 0.4) is 0 Å². The molecule has 2 aromatic heterocycles. The third kappa shape index (κ3) is 3.20. The molecule has 0 saturated carbocycles. The van der Waals surface area contributed by atoms with Crippen LogP contribution in [-0.2, 0) is 12.8 Å². The molecule has 2 heterocycles. The molecule has 0 amide bonds. The van der Waals surface area contributed by atoms with Gasteiger partial charge >= 0.3 is 0 Å². The van der Waals surface area contributed by atoms with Crippen molar-refractivity contribution < 1.29 is 4.79 Å². The molecule has 0 aromatic carbocycles. The molecule has 0 saturated heterocycles. The first kappa shape index (κ1) is 13.3. The Hall–Kier alpha value is -1.14. The fourth-order valence-electron chi connectivity index (χ4n) is 1.64. The standard InChI is InChI=1S/C12H12BrN3OS/c1-2-3-10-12(18-16-15-10)11(17)5-8-4-9(13)7-14-6-8/h4,6-7H,2-3,5H2,1H3. The van der Waals surface area contributed by atoms with Crippen molar-refractivity contribution in [2.45, 2.75) is 26.2 Å². The number of aryl methyl sites for hydroxylation is 1. The summed E-state index contributed by atoms with van der Waals surface area (Å²) in [7, 11) is 0. The molecular weight excluding hydrogens is 314 g/mol. The Morgan fingerprint density at radius 3 is 3.00 bits per heavy atom. The zero-order chi connectivity index (χ0) is 13.0. The molecule has 0 aliphatic rings. The second-order valence-electron chi connectivity index (χ2n) is 3.91. The van der Waals surface area contributed by atoms with E-state index in [2.05, 4.69) is 37.4 Å². The predicted molar refractivity (Wildman–Crippen MR) is 73.9 cm³/mol. The molecule has 0 aliphatic heterocycles. The van der Waals surface area contributed by atoms with Crippen molar-refractivity contribution in [3.8, 4) is 0 Å². The van der Waals surface area contributed by atoms with Crippen LogP contribution in [0.5, 0.6) is 0 Å². The van der Waals surface area contributed by atoms with Gasteiger partial charge in [-0.2, -0.15) is 0 Å². The highest BCUT2D eigenvalue weighted by Gasteiger charge is 2.16. The Morgan fingerprint density at radius 2 is 2.28 bits per heavy atom. The minimum absolute atomic E-state index is 0.0633. The Labute approximate surface area is 118 Å². The summed E-state index contributed by atoms with van der Waals surface area (Å²) in [6, 6.07) is 1.90. The van der Waals surface area contributed by atoms with Crippen molar-refractivity contribution in [1.82, 2.24) is 14.6 Å². The van der Waals surface area contributed by atoms with E-state index in [1.165, 1.54) is 11.5 Å². The lowest BCUT2D eigenvalue weighted by Gasteiger charge is -2.00. The van der Waals surface area contributed by atoms with Gasteiger partial charge in [-0.25, -0.2) is 0 Å². The summed E-state index contributed by atoms with van der Waals surface area (Å²) in [5.41, 5.74) is 1.71. The summed E-state index contributed by atoms with van der Waals surface area (Å²) in [5, 5.41) is 4.01. The normalized spacial score (nSPS) is 10.6. The van der Waals surface area contributed by atoms with E-state index in [0.717, 1.165) is 28.6 Å². The van der Waals surface area contributed by atoms with Gasteiger partial charge in [0.1, 0.15) is 4.88 Å². The van der Waals surface area contributed by atoms with Gasteiger partial charge in [-0.1, -0.05) is 17.8 Å². The maximum atomic E-state index is 12.2. The molecule has 2 rings (SSSR count). The zero-order valence-electron chi connectivity index (χ0n) is 9.89. The molecule has 0 spiro atoms. The summed E-state index contributed by atoms with van der Waals surface area (Å²) >= 11 is 4.52. The van der Waals surface area contributed by atoms with Crippen molar-refractivity contribution in [2.24, 2.45) is 0 Å². The van der Waals surface area contributed by atoms with E-state index in [4.69, 9.17) is 0 Å². The number of halogens is 1. The highest BCUT2D eigenvalue weighted by molar-refractivity contribution is 9.10. The predicted octanol–water partition coefficient (Wildman–Crippen LogP) is 3.07. The van der Waals surface area contributed by atoms with Crippen molar-refractivity contribution in [2.75, 3.05) is 0 Å². The van der Waals surface area contributed by atoms with Crippen molar-refractivity contribution in [3.63, 3.8) is 0 Å². The van der Waals surface area contributed by atoms with Gasteiger partial charge in [0.25, 0.3) is 0 Å². The van der Waals surface area contributed by atoms with Crippen LogP contribution in [0, 0.1) is 0 Å². The van der Waals surface area contributed by atoms with Crippen molar-refractivity contribution in [1.29, 1.82) is 0 Å². The van der Waals surface area contributed by atoms with Crippen LogP contribution in [-0.4, -0.2) is 20.4 Å². The summed E-state index contributed by atoms with van der Waals surface area (Å²) in [4.78, 5) is 16.9. The second kappa shape index (κ2) is 6.15. The first-order valence-electron chi connectivity index (χ1n) is 5.64. The van der Waals surface area contributed by atoms with Crippen LogP contribution in [0.1, 0.15) is 34.3 Å². The minimum atomic E-state index is 0.0633. The lowest BCUT2D eigenvalue weighted by atomic mass is 10.1. The molecule has 0 unspecified atom stereocenters. The molecule has 18 heavy (non-hydrogen) atoms. The van der Waals surface area contributed by atoms with Crippen LogP contribution >= 0.6 is 27.5 Å². The number of hydrogen-bond donors (Lipinski definition) is 0. The van der Waals surface area contributed by atoms with Crippen LogP contribution < -0.4 is 0 Å². The van der Waals surface area contributed by atoms with Crippen LogP contribution in [0.25, 0.3) is 0 Å². The molecule has 0 N–H and O–H groups in total. The Kier molecular flexibility index (Phi) is 4.54. The topological polar surface area (TPSA) is 55.7 Å². The van der Waals surface area contributed by atoms with Gasteiger partial charge in [0.15, 0.2) is 5.78 Å². The molecule has 6 heteroatoms. The fraction of sp³-hybridized carbons (Fsp3) is 0.333. The summed E-state index contributed by atoms with van der Waals surface area (Å²) in [5.74, 6) is 0.0633. The Bertz CT molecular complexity index is 556. The molecule has 2 aromatic rings. The van der Waals surface area contributed by atoms with E-state index in [9.17, 15) is 4.79 Å². The molecule has 4 nitrogen and oxygen atoms in total. The van der Waals surface area contributed by atoms with E-state index in [1.54, 1.807) is 12.4 Å². The second-order valence-corrected chi connectivity index (χ2v) is 5.58. The first-order valence-corrected chi connectivity index (χ1v) is 7.21. The molecule has 0 bridgehead atoms. The monoisotopic (exact) mass is 325 g/mol. The maximum absolute atomic E-state index is 12.2. The fourth-order valence-corrected chi connectivity index (χ4v) is 2.69. The average molecular weight is 326 g/mol. The lowest BCUT2D eigenvalue weighted by molar-refractivity contribution is 0.0995. The van der Waals surface area contributed by atoms with Crippen LogP contribution in [0.15, 0.2) is 22.9 Å². The zero-order valence-corrected chi connectivity index (χ0v) is 12.3. The molecule has 94 valence electrons. The highest BCUT2D eigenvalue weighted by Crippen LogP contribution is 2.17. The molecule has 0 radical (unpaired) electrons. The van der Waals surface area contributed by atoms with E-state index in [1.807, 2.05) is 6.07 Å². The van der Waals surface area contributed by atoms with Gasteiger partial charge in [0.05, 0.1) is 5.69 Å². The average Bonchev–Trinajstić information content (AvgIpc) is 2.78. The third-order valence-electron chi connectivity index (χ3n) is 2.42. The number of rotatable bonds is 5. The SMILES string of the molecule is CCCc1nnsc1C(=O)Cc1cncc(Br)c1. The largest absolute Gasteiger partial charge is 0.293 e. The number of carbonyl (C=O) groups is 1. The molecular formula is C12H12BrN3OS. The van der Waals surface area contributed by atoms with Crippen molar-refractivity contribution in [3.05, 3.63) is 39.1 Å². The van der Waals surface area contributed by atoms with Gasteiger partial charge in [0, 0.05) is 23.3 Å². The maximum Gasteiger partial charge on any atom is 0.180 e. The quantitative estimate of drug-likeness (QED) is 0.793. The smallest absolute Gasteiger partial charge is 0.180 e. The number of nitrogens with zero attached hydrogens (tertiary/aromatic N) is 3. The molecule has 0 fully saturated rings. The van der Waals surface area contributed by atoms with E-state index in [-0.39, 0.29) is 5.78 Å². The Morgan fingerprint density at radius 1 is 1.44 bits per heavy atom. The van der Waals surface area contributed by atoms with Gasteiger partial charge in [0.2, 0.25) is 0 Å². The van der Waals surface area contributed by atoms with E-state index >= 15 is 0 Å². The lowest BCUT2D eigenvalue weighted by Crippen LogP contribution is -2.05. The third-order valence-corrected chi connectivity index (χ3v) is 3.66. The highest BCUT2D eigenvalue weighted by atomic mass is 79.9. The minimum Gasteiger partial charge on any atom is -0.293 e. The van der Waals surface area contributed by atoms with Gasteiger partial charge < -0.3 is 0 Å². The number of carbonyl (C=O) groups excluding carboxylic acids is 1. The van der Waals surface area contributed by atoms with Gasteiger partial charge in [-0.15, -0.1) is 5.10 Å². The number of Topliss-reactive ketones (excluding diaryl/α,β-unsaturated/α-hetero) is 1. The van der Waals surface area contributed by atoms with Gasteiger partial charge in [-0.3, -0.25) is 9.78 Å². The summed E-state index contributed by atoms with van der Waals surface area (Å²) < 4.78 is 4.75. The Balaban J connectivity index is 2.14. The van der Waals surface area contributed by atoms with Gasteiger partial charge in [-0.05, 0) is 45.5 Å². The molecule has 0 aliphatic carbocycles. The number of hydrogen-bond acceptors (Lipinski definition) is 5. The van der Waals surface area contributed by atoms with Crippen LogP contribution in [0.4, 0.5) is 0 Å². The van der Waals surface area contributed by atoms with E-state index < -0.39 is 0 Å². The van der Waals surface area contributed by atoms with Crippen molar-refractivity contribution >= 4 is 33.2 Å².